The van der Waals surface area contributed by atoms with Gasteiger partial charge in [-0.1, -0.05) is 115 Å². The van der Waals surface area contributed by atoms with E-state index in [1.807, 2.05) is 60.7 Å². The Hall–Kier alpha value is -6.39. The summed E-state index contributed by atoms with van der Waals surface area (Å²) in [5, 5.41) is 9.76. The second-order valence-corrected chi connectivity index (χ2v) is 12.0. The smallest absolute Gasteiger partial charge is 0.164 e. The van der Waals surface area contributed by atoms with Gasteiger partial charge in [-0.3, -0.25) is 0 Å². The van der Waals surface area contributed by atoms with Crippen LogP contribution in [0.4, 0.5) is 0 Å². The third-order valence-corrected chi connectivity index (χ3v) is 9.23. The fraction of sp³-hybridized carbons (Fsp3) is 0. The van der Waals surface area contributed by atoms with E-state index in [9.17, 15) is 0 Å². The second kappa shape index (κ2) is 10.1. The number of furan rings is 1. The minimum atomic E-state index is 0.646. The Bertz CT molecular complexity index is 2730. The van der Waals surface area contributed by atoms with Crippen LogP contribution in [0, 0.1) is 0 Å². The van der Waals surface area contributed by atoms with Crippen molar-refractivity contribution in [3.8, 4) is 45.3 Å². The van der Waals surface area contributed by atoms with E-state index >= 15 is 0 Å². The van der Waals surface area contributed by atoms with E-state index in [0.29, 0.717) is 17.5 Å². The molecule has 0 amide bonds. The average Bonchev–Trinajstić information content (AvgIpc) is 3.54. The highest BCUT2D eigenvalue weighted by molar-refractivity contribution is 6.34. The molecular formula is C43H25N3O. The average molecular weight is 600 g/mol. The summed E-state index contributed by atoms with van der Waals surface area (Å²) in [6.07, 6.45) is 0. The number of hydrogen-bond donors (Lipinski definition) is 0. The van der Waals surface area contributed by atoms with Crippen LogP contribution in [-0.2, 0) is 0 Å². The molecule has 2 aromatic heterocycles. The summed E-state index contributed by atoms with van der Waals surface area (Å²) in [5.74, 6) is 1.95. The Morgan fingerprint density at radius 2 is 0.809 bits per heavy atom. The molecule has 0 bridgehead atoms. The van der Waals surface area contributed by atoms with Crippen LogP contribution in [0.25, 0.3) is 99.5 Å². The normalized spacial score (nSPS) is 11.8. The van der Waals surface area contributed by atoms with Crippen LogP contribution < -0.4 is 0 Å². The number of aromatic nitrogens is 3. The summed E-state index contributed by atoms with van der Waals surface area (Å²) in [7, 11) is 0. The molecule has 4 nitrogen and oxygen atoms in total. The summed E-state index contributed by atoms with van der Waals surface area (Å²) < 4.78 is 6.26. The molecule has 0 N–H and O–H groups in total. The molecule has 0 aliphatic carbocycles. The summed E-state index contributed by atoms with van der Waals surface area (Å²) in [6.45, 7) is 0. The van der Waals surface area contributed by atoms with Gasteiger partial charge in [0.25, 0.3) is 0 Å². The van der Waals surface area contributed by atoms with Gasteiger partial charge in [0.05, 0.1) is 0 Å². The first-order valence-electron chi connectivity index (χ1n) is 15.8. The van der Waals surface area contributed by atoms with Gasteiger partial charge in [-0.05, 0) is 79.8 Å². The van der Waals surface area contributed by atoms with Crippen molar-refractivity contribution in [2.24, 2.45) is 0 Å². The minimum absolute atomic E-state index is 0.646. The summed E-state index contributed by atoms with van der Waals surface area (Å²) in [6, 6.07) is 52.8. The molecule has 0 aliphatic rings. The van der Waals surface area contributed by atoms with Crippen LogP contribution in [0.15, 0.2) is 156 Å². The Labute approximate surface area is 270 Å². The molecule has 10 aromatic rings. The van der Waals surface area contributed by atoms with E-state index in [4.69, 9.17) is 19.4 Å². The Balaban J connectivity index is 1.13. The molecule has 0 unspecified atom stereocenters. The topological polar surface area (TPSA) is 51.8 Å². The van der Waals surface area contributed by atoms with E-state index in [1.165, 1.54) is 43.1 Å². The highest BCUT2D eigenvalue weighted by atomic mass is 16.3. The van der Waals surface area contributed by atoms with Crippen molar-refractivity contribution in [1.82, 2.24) is 15.0 Å². The van der Waals surface area contributed by atoms with Gasteiger partial charge >= 0.3 is 0 Å². The molecular weight excluding hydrogens is 574 g/mol. The molecule has 0 spiro atoms. The maximum absolute atomic E-state index is 6.26. The van der Waals surface area contributed by atoms with E-state index < -0.39 is 0 Å². The van der Waals surface area contributed by atoms with Crippen molar-refractivity contribution in [3.63, 3.8) is 0 Å². The minimum Gasteiger partial charge on any atom is -0.456 e. The third-order valence-electron chi connectivity index (χ3n) is 9.23. The number of benzene rings is 8. The molecule has 0 saturated heterocycles. The lowest BCUT2D eigenvalue weighted by Crippen LogP contribution is -2.00. The van der Waals surface area contributed by atoms with Crippen molar-refractivity contribution in [1.29, 1.82) is 0 Å². The van der Waals surface area contributed by atoms with Gasteiger partial charge in [0.2, 0.25) is 0 Å². The highest BCUT2D eigenvalue weighted by Crippen LogP contribution is 2.43. The molecule has 8 aromatic carbocycles. The molecule has 0 fully saturated rings. The lowest BCUT2D eigenvalue weighted by atomic mass is 9.91. The van der Waals surface area contributed by atoms with Gasteiger partial charge in [-0.15, -0.1) is 0 Å². The molecule has 0 aliphatic heterocycles. The van der Waals surface area contributed by atoms with Crippen molar-refractivity contribution in [2.75, 3.05) is 0 Å². The Kier molecular flexibility index (Phi) is 5.54. The summed E-state index contributed by atoms with van der Waals surface area (Å²) in [5.41, 5.74) is 6.97. The zero-order valence-corrected chi connectivity index (χ0v) is 25.2. The first-order chi connectivity index (χ1) is 23.3. The quantitative estimate of drug-likeness (QED) is 0.149. The lowest BCUT2D eigenvalue weighted by molar-refractivity contribution is 0.669. The van der Waals surface area contributed by atoms with E-state index in [2.05, 4.69) is 91.0 Å². The second-order valence-electron chi connectivity index (χ2n) is 12.0. The van der Waals surface area contributed by atoms with Crippen molar-refractivity contribution >= 4 is 54.3 Å². The standard InChI is InChI=1S/C43H25N3O/c1-3-10-26(11-4-1)41-44-42(27-12-5-2-6-13-27)46-43(45-41)31-15-7-14-28(22-31)29-20-21-30-24-35-33-16-8-18-37-39(33)40-34(17-9-19-38(40)47-37)36(35)25-32(30)23-29/h1-25H. The molecule has 2 heterocycles. The number of rotatable bonds is 4. The van der Waals surface area contributed by atoms with Gasteiger partial charge in [0.1, 0.15) is 11.2 Å². The van der Waals surface area contributed by atoms with Crippen LogP contribution in [0.3, 0.4) is 0 Å². The molecule has 0 saturated carbocycles. The molecule has 4 heteroatoms. The van der Waals surface area contributed by atoms with Crippen LogP contribution >= 0.6 is 0 Å². The van der Waals surface area contributed by atoms with Crippen molar-refractivity contribution < 1.29 is 4.42 Å². The molecule has 0 radical (unpaired) electrons. The van der Waals surface area contributed by atoms with Gasteiger partial charge in [0.15, 0.2) is 17.5 Å². The Morgan fingerprint density at radius 3 is 1.43 bits per heavy atom. The van der Waals surface area contributed by atoms with E-state index in [0.717, 1.165) is 39.0 Å². The fourth-order valence-corrected chi connectivity index (χ4v) is 7.01. The van der Waals surface area contributed by atoms with E-state index in [-0.39, 0.29) is 0 Å². The van der Waals surface area contributed by atoms with Gasteiger partial charge in [0, 0.05) is 27.5 Å². The largest absolute Gasteiger partial charge is 0.456 e. The van der Waals surface area contributed by atoms with Gasteiger partial charge in [-0.2, -0.15) is 0 Å². The molecule has 10 rings (SSSR count). The molecule has 0 atom stereocenters. The summed E-state index contributed by atoms with van der Waals surface area (Å²) >= 11 is 0. The maximum atomic E-state index is 6.26. The fourth-order valence-electron chi connectivity index (χ4n) is 7.01. The SMILES string of the molecule is c1ccc(-c2nc(-c3ccccc3)nc(-c3cccc(-c4ccc5cc6c(cc5c4)c4cccc5oc7cccc6c7c54)c3)n2)cc1. The van der Waals surface area contributed by atoms with Gasteiger partial charge < -0.3 is 4.42 Å². The van der Waals surface area contributed by atoms with Gasteiger partial charge in [-0.25, -0.2) is 15.0 Å². The van der Waals surface area contributed by atoms with Crippen molar-refractivity contribution in [2.45, 2.75) is 0 Å². The first-order valence-corrected chi connectivity index (χ1v) is 15.8. The third kappa shape index (κ3) is 4.12. The van der Waals surface area contributed by atoms with Crippen LogP contribution in [0.1, 0.15) is 0 Å². The predicted molar refractivity (Wildman–Crippen MR) is 193 cm³/mol. The summed E-state index contributed by atoms with van der Waals surface area (Å²) in [4.78, 5) is 14.8. The lowest BCUT2D eigenvalue weighted by Gasteiger charge is -2.12. The monoisotopic (exact) mass is 599 g/mol. The maximum Gasteiger partial charge on any atom is 0.164 e. The number of nitrogens with zero attached hydrogens (tertiary/aromatic N) is 3. The number of fused-ring (bicyclic) bond motifs is 4. The molecule has 218 valence electrons. The zero-order valence-electron chi connectivity index (χ0n) is 25.2. The zero-order chi connectivity index (χ0) is 30.9. The molecule has 47 heavy (non-hydrogen) atoms. The first kappa shape index (κ1) is 25.9. The van der Waals surface area contributed by atoms with E-state index in [1.54, 1.807) is 0 Å². The van der Waals surface area contributed by atoms with Crippen molar-refractivity contribution in [3.05, 3.63) is 152 Å². The highest BCUT2D eigenvalue weighted by Gasteiger charge is 2.18. The van der Waals surface area contributed by atoms with Crippen LogP contribution in [-0.4, -0.2) is 15.0 Å². The van der Waals surface area contributed by atoms with Crippen LogP contribution in [0.2, 0.25) is 0 Å². The Morgan fingerprint density at radius 1 is 0.319 bits per heavy atom. The van der Waals surface area contributed by atoms with Crippen LogP contribution in [0.5, 0.6) is 0 Å². The number of hydrogen-bond acceptors (Lipinski definition) is 4. The predicted octanol–water partition coefficient (Wildman–Crippen LogP) is 11.3.